The van der Waals surface area contributed by atoms with Crippen molar-refractivity contribution >= 4 is 22.9 Å². The number of aryl methyl sites for hydroxylation is 1. The first-order valence-electron chi connectivity index (χ1n) is 7.71. The summed E-state index contributed by atoms with van der Waals surface area (Å²) in [5, 5.41) is 6.17. The first-order chi connectivity index (χ1) is 11.7. The van der Waals surface area contributed by atoms with Crippen LogP contribution in [0.5, 0.6) is 5.75 Å². The summed E-state index contributed by atoms with van der Waals surface area (Å²) in [7, 11) is 0. The molecule has 0 unspecified atom stereocenters. The second-order valence-corrected chi connectivity index (χ2v) is 5.45. The number of hydrazone groups is 1. The Morgan fingerprint density at radius 3 is 2.62 bits per heavy atom. The normalized spacial score (nSPS) is 10.9. The highest BCUT2D eigenvalue weighted by Crippen LogP contribution is 2.20. The van der Waals surface area contributed by atoms with Gasteiger partial charge in [0.1, 0.15) is 5.75 Å². The summed E-state index contributed by atoms with van der Waals surface area (Å²) in [5.41, 5.74) is 4.54. The molecule has 4 heteroatoms. The molecule has 1 N–H and O–H groups in total. The van der Waals surface area contributed by atoms with Crippen molar-refractivity contribution in [2.45, 2.75) is 6.92 Å². The van der Waals surface area contributed by atoms with Crippen LogP contribution >= 0.6 is 0 Å². The fourth-order valence-corrected chi connectivity index (χ4v) is 2.34. The second-order valence-electron chi connectivity index (χ2n) is 5.45. The fourth-order valence-electron chi connectivity index (χ4n) is 2.34. The smallest absolute Gasteiger partial charge is 0.277 e. The number of fused-ring (bicyclic) bond motifs is 1. The molecule has 1 amide bonds. The molecule has 3 aromatic carbocycles. The fraction of sp³-hybridized carbons (Fsp3) is 0.100. The average Bonchev–Trinajstić information content (AvgIpc) is 2.61. The molecule has 0 fully saturated rings. The molecular weight excluding hydrogens is 300 g/mol. The molecule has 0 saturated heterocycles. The van der Waals surface area contributed by atoms with E-state index in [1.165, 1.54) is 0 Å². The minimum Gasteiger partial charge on any atom is -0.484 e. The molecule has 0 bridgehead atoms. The Labute approximate surface area is 140 Å². The summed E-state index contributed by atoms with van der Waals surface area (Å²) in [6.07, 6.45) is 1.63. The predicted octanol–water partition coefficient (Wildman–Crippen LogP) is 3.68. The van der Waals surface area contributed by atoms with Crippen molar-refractivity contribution in [3.05, 3.63) is 77.9 Å². The lowest BCUT2D eigenvalue weighted by molar-refractivity contribution is -0.123. The quantitative estimate of drug-likeness (QED) is 0.576. The summed E-state index contributed by atoms with van der Waals surface area (Å²) in [5.74, 6) is 0.361. The van der Waals surface area contributed by atoms with E-state index in [0.29, 0.717) is 5.75 Å². The minimum absolute atomic E-state index is 0.0799. The molecule has 4 nitrogen and oxygen atoms in total. The van der Waals surface area contributed by atoms with Gasteiger partial charge in [0.2, 0.25) is 0 Å². The largest absolute Gasteiger partial charge is 0.484 e. The first-order valence-corrected chi connectivity index (χ1v) is 7.71. The zero-order valence-corrected chi connectivity index (χ0v) is 13.4. The highest BCUT2D eigenvalue weighted by atomic mass is 16.5. The Hall–Kier alpha value is -3.14. The van der Waals surface area contributed by atoms with Crippen molar-refractivity contribution in [2.24, 2.45) is 5.10 Å². The van der Waals surface area contributed by atoms with Gasteiger partial charge >= 0.3 is 0 Å². The lowest BCUT2D eigenvalue weighted by Gasteiger charge is -2.06. The highest BCUT2D eigenvalue weighted by Gasteiger charge is 2.02. The molecule has 3 aromatic rings. The number of nitrogens with zero attached hydrogens (tertiary/aromatic N) is 1. The number of carbonyl (C=O) groups is 1. The standard InChI is InChI=1S/C20H18N2O2/c1-15-6-2-3-9-18(15)13-21-22-20(23)14-24-19-11-10-16-7-4-5-8-17(16)12-19/h2-13H,14H2,1H3,(H,22,23). The summed E-state index contributed by atoms with van der Waals surface area (Å²) in [6.45, 7) is 1.91. The molecular formula is C20H18N2O2. The van der Waals surface area contributed by atoms with E-state index in [9.17, 15) is 4.79 Å². The van der Waals surface area contributed by atoms with Crippen LogP contribution in [0.15, 0.2) is 71.8 Å². The van der Waals surface area contributed by atoms with Crippen molar-refractivity contribution in [3.8, 4) is 5.75 Å². The topological polar surface area (TPSA) is 50.7 Å². The third-order valence-corrected chi connectivity index (χ3v) is 3.67. The van der Waals surface area contributed by atoms with Gasteiger partial charge in [-0.15, -0.1) is 0 Å². The van der Waals surface area contributed by atoms with Gasteiger partial charge in [0.25, 0.3) is 5.91 Å². The average molecular weight is 318 g/mol. The number of nitrogens with one attached hydrogen (secondary N) is 1. The summed E-state index contributed by atoms with van der Waals surface area (Å²) < 4.78 is 5.52. The number of ether oxygens (including phenoxy) is 1. The molecule has 3 rings (SSSR count). The zero-order valence-electron chi connectivity index (χ0n) is 13.4. The van der Waals surface area contributed by atoms with Crippen LogP contribution < -0.4 is 10.2 Å². The molecule has 0 aliphatic rings. The molecule has 24 heavy (non-hydrogen) atoms. The van der Waals surface area contributed by atoms with E-state index in [0.717, 1.165) is 21.9 Å². The van der Waals surface area contributed by atoms with Crippen LogP contribution in [0.25, 0.3) is 10.8 Å². The maximum atomic E-state index is 11.8. The van der Waals surface area contributed by atoms with Crippen LogP contribution in [0, 0.1) is 6.92 Å². The number of amides is 1. The molecule has 0 atom stereocenters. The highest BCUT2D eigenvalue weighted by molar-refractivity contribution is 5.85. The van der Waals surface area contributed by atoms with Gasteiger partial charge in [0.15, 0.2) is 6.61 Å². The van der Waals surface area contributed by atoms with Crippen LogP contribution in [0.3, 0.4) is 0 Å². The van der Waals surface area contributed by atoms with Crippen LogP contribution in [-0.2, 0) is 4.79 Å². The van der Waals surface area contributed by atoms with Gasteiger partial charge in [0, 0.05) is 0 Å². The molecule has 0 saturated carbocycles. The maximum absolute atomic E-state index is 11.8. The Morgan fingerprint density at radius 2 is 1.79 bits per heavy atom. The third-order valence-electron chi connectivity index (χ3n) is 3.67. The molecule has 120 valence electrons. The lowest BCUT2D eigenvalue weighted by atomic mass is 10.1. The van der Waals surface area contributed by atoms with Gasteiger partial charge in [-0.2, -0.15) is 5.10 Å². The van der Waals surface area contributed by atoms with Crippen LogP contribution in [0.2, 0.25) is 0 Å². The number of carbonyl (C=O) groups excluding carboxylic acids is 1. The minimum atomic E-state index is -0.298. The Kier molecular flexibility index (Phi) is 4.87. The van der Waals surface area contributed by atoms with Crippen molar-refractivity contribution in [2.75, 3.05) is 6.61 Å². The van der Waals surface area contributed by atoms with Crippen molar-refractivity contribution < 1.29 is 9.53 Å². The van der Waals surface area contributed by atoms with E-state index in [4.69, 9.17) is 4.74 Å². The summed E-state index contributed by atoms with van der Waals surface area (Å²) in [4.78, 5) is 11.8. The van der Waals surface area contributed by atoms with E-state index in [2.05, 4.69) is 10.5 Å². The third kappa shape index (κ3) is 3.98. The lowest BCUT2D eigenvalue weighted by Crippen LogP contribution is -2.24. The summed E-state index contributed by atoms with van der Waals surface area (Å²) >= 11 is 0. The van der Waals surface area contributed by atoms with Crippen LogP contribution in [0.1, 0.15) is 11.1 Å². The van der Waals surface area contributed by atoms with Gasteiger partial charge < -0.3 is 4.74 Å². The number of benzene rings is 3. The Morgan fingerprint density at radius 1 is 1.04 bits per heavy atom. The first kappa shape index (κ1) is 15.7. The molecule has 0 aliphatic heterocycles. The maximum Gasteiger partial charge on any atom is 0.277 e. The van der Waals surface area contributed by atoms with E-state index in [-0.39, 0.29) is 12.5 Å². The Bertz CT molecular complexity index is 887. The number of rotatable bonds is 5. The molecule has 0 radical (unpaired) electrons. The number of hydrogen-bond acceptors (Lipinski definition) is 3. The van der Waals surface area contributed by atoms with E-state index in [1.807, 2.05) is 73.7 Å². The molecule has 0 spiro atoms. The Balaban J connectivity index is 1.54. The molecule has 0 aliphatic carbocycles. The molecule has 0 heterocycles. The zero-order chi connectivity index (χ0) is 16.8. The second kappa shape index (κ2) is 7.42. The van der Waals surface area contributed by atoms with Gasteiger partial charge in [0.05, 0.1) is 6.21 Å². The number of hydrogen-bond donors (Lipinski definition) is 1. The SMILES string of the molecule is Cc1ccccc1C=NNC(=O)COc1ccc2ccccc2c1. The van der Waals surface area contributed by atoms with Crippen molar-refractivity contribution in [1.29, 1.82) is 0 Å². The van der Waals surface area contributed by atoms with E-state index < -0.39 is 0 Å². The van der Waals surface area contributed by atoms with Crippen molar-refractivity contribution in [3.63, 3.8) is 0 Å². The summed E-state index contributed by atoms with van der Waals surface area (Å²) in [6, 6.07) is 21.6. The molecule has 0 aromatic heterocycles. The van der Waals surface area contributed by atoms with Gasteiger partial charge in [-0.05, 0) is 41.0 Å². The van der Waals surface area contributed by atoms with E-state index >= 15 is 0 Å². The van der Waals surface area contributed by atoms with Gasteiger partial charge in [-0.25, -0.2) is 5.43 Å². The van der Waals surface area contributed by atoms with Crippen molar-refractivity contribution in [1.82, 2.24) is 5.43 Å². The van der Waals surface area contributed by atoms with E-state index in [1.54, 1.807) is 6.21 Å². The monoisotopic (exact) mass is 318 g/mol. The van der Waals surface area contributed by atoms with Crippen LogP contribution in [0.4, 0.5) is 0 Å². The predicted molar refractivity (Wildman–Crippen MR) is 96.4 cm³/mol. The van der Waals surface area contributed by atoms with Crippen LogP contribution in [-0.4, -0.2) is 18.7 Å². The van der Waals surface area contributed by atoms with Gasteiger partial charge in [-0.1, -0.05) is 54.6 Å². The van der Waals surface area contributed by atoms with Gasteiger partial charge in [-0.3, -0.25) is 4.79 Å².